The number of nitrogens with one attached hydrogen (secondary N) is 2. The minimum Gasteiger partial charge on any atom is -0.404 e. The van der Waals surface area contributed by atoms with Crippen LogP contribution in [0.3, 0.4) is 0 Å². The maximum absolute atomic E-state index is 12.5. The van der Waals surface area contributed by atoms with Crippen LogP contribution in [0.4, 0.5) is 19.0 Å². The maximum Gasteiger partial charge on any atom is 0.573 e. The van der Waals surface area contributed by atoms with Gasteiger partial charge >= 0.3 is 6.36 Å². The topological polar surface area (TPSA) is 111 Å². The molecule has 3 aromatic rings. The van der Waals surface area contributed by atoms with Gasteiger partial charge in [-0.25, -0.2) is 17.8 Å². The van der Waals surface area contributed by atoms with Crippen molar-refractivity contribution in [2.75, 3.05) is 18.4 Å². The van der Waals surface area contributed by atoms with Crippen LogP contribution in [0.2, 0.25) is 0 Å². The quantitative estimate of drug-likeness (QED) is 0.528. The molecule has 0 saturated carbocycles. The van der Waals surface area contributed by atoms with Gasteiger partial charge in [-0.05, 0) is 30.3 Å². The predicted octanol–water partition coefficient (Wildman–Crippen LogP) is 1.95. The first-order valence-electron chi connectivity index (χ1n) is 8.17. The Morgan fingerprint density at radius 1 is 1.03 bits per heavy atom. The Labute approximate surface area is 163 Å². The number of alkyl halides is 3. The molecule has 0 saturated heterocycles. The number of sulfonamides is 1. The molecule has 0 aliphatic carbocycles. The van der Waals surface area contributed by atoms with E-state index in [0.29, 0.717) is 11.6 Å². The Bertz CT molecular complexity index is 1040. The molecule has 0 aliphatic rings. The number of hydrogen-bond acceptors (Lipinski definition) is 7. The zero-order chi connectivity index (χ0) is 20.9. The second-order valence-electron chi connectivity index (χ2n) is 5.55. The largest absolute Gasteiger partial charge is 0.573 e. The smallest absolute Gasteiger partial charge is 0.404 e. The van der Waals surface area contributed by atoms with Crippen LogP contribution in [0, 0.1) is 0 Å². The lowest BCUT2D eigenvalue weighted by molar-refractivity contribution is -0.275. The van der Waals surface area contributed by atoms with E-state index in [-0.39, 0.29) is 13.1 Å². The molecule has 9 nitrogen and oxygen atoms in total. The van der Waals surface area contributed by atoms with Crippen molar-refractivity contribution in [1.29, 1.82) is 0 Å². The number of hydrogen-bond donors (Lipinski definition) is 2. The third kappa shape index (κ3) is 5.65. The predicted molar refractivity (Wildman–Crippen MR) is 96.0 cm³/mol. The van der Waals surface area contributed by atoms with Gasteiger partial charge in [0.2, 0.25) is 10.0 Å². The summed E-state index contributed by atoms with van der Waals surface area (Å²) in [5, 5.41) is 14.8. The van der Waals surface area contributed by atoms with Gasteiger partial charge in [-0.15, -0.1) is 23.4 Å². The van der Waals surface area contributed by atoms with Crippen LogP contribution >= 0.6 is 0 Å². The summed E-state index contributed by atoms with van der Waals surface area (Å²) in [6, 6.07) is 9.52. The SMILES string of the molecule is O=S(=O)(NCCNc1ccc(-n2cccn2)nn1)c1ccccc1OC(F)(F)F. The molecule has 0 atom stereocenters. The minimum atomic E-state index is -5.01. The number of anilines is 1. The van der Waals surface area contributed by atoms with Gasteiger partial charge in [0.05, 0.1) is 0 Å². The molecule has 0 amide bonds. The van der Waals surface area contributed by atoms with Gasteiger partial charge in [0.15, 0.2) is 5.82 Å². The molecule has 0 fully saturated rings. The number of ether oxygens (including phenoxy) is 1. The second kappa shape index (κ2) is 8.45. The Morgan fingerprint density at radius 2 is 1.83 bits per heavy atom. The molecule has 3 rings (SSSR count). The summed E-state index contributed by atoms with van der Waals surface area (Å²) in [7, 11) is -4.22. The summed E-state index contributed by atoms with van der Waals surface area (Å²) in [6.07, 6.45) is -1.71. The summed E-state index contributed by atoms with van der Waals surface area (Å²) in [4.78, 5) is -0.610. The van der Waals surface area contributed by atoms with Crippen molar-refractivity contribution in [3.8, 4) is 11.6 Å². The fourth-order valence-corrected chi connectivity index (χ4v) is 3.44. The van der Waals surface area contributed by atoms with Crippen molar-refractivity contribution >= 4 is 15.8 Å². The maximum atomic E-state index is 12.5. The van der Waals surface area contributed by atoms with E-state index >= 15 is 0 Å². The molecule has 13 heteroatoms. The summed E-state index contributed by atoms with van der Waals surface area (Å²) in [6.45, 7) is 0.0165. The van der Waals surface area contributed by atoms with Crippen molar-refractivity contribution in [2.24, 2.45) is 0 Å². The second-order valence-corrected chi connectivity index (χ2v) is 7.28. The highest BCUT2D eigenvalue weighted by molar-refractivity contribution is 7.89. The van der Waals surface area contributed by atoms with Crippen molar-refractivity contribution < 1.29 is 26.3 Å². The third-order valence-electron chi connectivity index (χ3n) is 3.48. The Hall–Kier alpha value is -3.19. The average Bonchev–Trinajstić information content (AvgIpc) is 3.19. The van der Waals surface area contributed by atoms with E-state index in [4.69, 9.17) is 0 Å². The molecule has 0 spiro atoms. The standard InChI is InChI=1S/C16H15F3N6O3S/c17-16(18,19)28-12-4-1-2-5-13(12)29(26,27)22-10-9-20-14-6-7-15(24-23-14)25-11-3-8-21-25/h1-8,11,22H,9-10H2,(H,20,23). The summed E-state index contributed by atoms with van der Waals surface area (Å²) in [5.41, 5.74) is 0. The number of halogens is 3. The van der Waals surface area contributed by atoms with E-state index < -0.39 is 27.0 Å². The molecule has 2 heterocycles. The average molecular weight is 428 g/mol. The van der Waals surface area contributed by atoms with Crippen LogP contribution in [0.1, 0.15) is 0 Å². The number of para-hydroxylation sites is 1. The monoisotopic (exact) mass is 428 g/mol. The molecule has 0 aliphatic heterocycles. The molecular formula is C16H15F3N6O3S. The van der Waals surface area contributed by atoms with E-state index in [1.165, 1.54) is 16.8 Å². The number of benzene rings is 1. The molecule has 0 unspecified atom stereocenters. The zero-order valence-corrected chi connectivity index (χ0v) is 15.5. The van der Waals surface area contributed by atoms with Gasteiger partial charge in [-0.3, -0.25) is 0 Å². The van der Waals surface area contributed by atoms with Crippen LogP contribution in [-0.4, -0.2) is 47.8 Å². The highest BCUT2D eigenvalue weighted by Gasteiger charge is 2.33. The molecule has 0 radical (unpaired) electrons. The van der Waals surface area contributed by atoms with Crippen LogP contribution in [0.5, 0.6) is 5.75 Å². The molecule has 0 bridgehead atoms. The Kier molecular flexibility index (Phi) is 5.98. The van der Waals surface area contributed by atoms with Crippen LogP contribution in [-0.2, 0) is 10.0 Å². The first-order valence-corrected chi connectivity index (χ1v) is 9.65. The van der Waals surface area contributed by atoms with E-state index in [1.54, 1.807) is 30.6 Å². The van der Waals surface area contributed by atoms with Gasteiger partial charge in [0.1, 0.15) is 16.5 Å². The van der Waals surface area contributed by atoms with E-state index in [9.17, 15) is 21.6 Å². The van der Waals surface area contributed by atoms with Crippen molar-refractivity contribution in [2.45, 2.75) is 11.3 Å². The molecular weight excluding hydrogens is 413 g/mol. The van der Waals surface area contributed by atoms with Crippen LogP contribution in [0.25, 0.3) is 5.82 Å². The van der Waals surface area contributed by atoms with Gasteiger partial charge in [-0.2, -0.15) is 5.10 Å². The first-order chi connectivity index (χ1) is 13.7. The van der Waals surface area contributed by atoms with Crippen molar-refractivity contribution in [3.05, 3.63) is 54.9 Å². The Morgan fingerprint density at radius 3 is 2.48 bits per heavy atom. The molecule has 29 heavy (non-hydrogen) atoms. The van der Waals surface area contributed by atoms with E-state index in [2.05, 4.69) is 30.1 Å². The normalized spacial score (nSPS) is 12.0. The summed E-state index contributed by atoms with van der Waals surface area (Å²) >= 11 is 0. The molecule has 2 aromatic heterocycles. The lowest BCUT2D eigenvalue weighted by Crippen LogP contribution is -2.30. The van der Waals surface area contributed by atoms with E-state index in [1.807, 2.05) is 0 Å². The van der Waals surface area contributed by atoms with Gasteiger partial charge < -0.3 is 10.1 Å². The summed E-state index contributed by atoms with van der Waals surface area (Å²) in [5.74, 6) is 0.0870. The first kappa shape index (κ1) is 20.5. The minimum absolute atomic E-state index is 0.106. The van der Waals surface area contributed by atoms with Gasteiger partial charge in [0.25, 0.3) is 0 Å². The number of nitrogens with zero attached hydrogens (tertiary/aromatic N) is 4. The molecule has 1 aromatic carbocycles. The zero-order valence-electron chi connectivity index (χ0n) is 14.7. The van der Waals surface area contributed by atoms with Crippen LogP contribution < -0.4 is 14.8 Å². The number of aromatic nitrogens is 4. The lowest BCUT2D eigenvalue weighted by Gasteiger charge is -2.14. The molecule has 154 valence electrons. The highest BCUT2D eigenvalue weighted by Crippen LogP contribution is 2.29. The fraction of sp³-hybridized carbons (Fsp3) is 0.188. The molecule has 2 N–H and O–H groups in total. The van der Waals surface area contributed by atoms with Gasteiger partial charge in [-0.1, -0.05) is 12.1 Å². The van der Waals surface area contributed by atoms with E-state index in [0.717, 1.165) is 12.1 Å². The van der Waals surface area contributed by atoms with Crippen LogP contribution in [0.15, 0.2) is 59.8 Å². The Balaban J connectivity index is 1.56. The lowest BCUT2D eigenvalue weighted by atomic mass is 10.3. The summed E-state index contributed by atoms with van der Waals surface area (Å²) < 4.78 is 69.5. The van der Waals surface area contributed by atoms with Crippen molar-refractivity contribution in [1.82, 2.24) is 24.7 Å². The number of rotatable bonds is 8. The van der Waals surface area contributed by atoms with Gasteiger partial charge in [0, 0.05) is 25.5 Å². The fourth-order valence-electron chi connectivity index (χ4n) is 2.28. The third-order valence-corrected chi connectivity index (χ3v) is 4.98. The van der Waals surface area contributed by atoms with Crippen molar-refractivity contribution in [3.63, 3.8) is 0 Å². The highest BCUT2D eigenvalue weighted by atomic mass is 32.2.